The van der Waals surface area contributed by atoms with Gasteiger partial charge in [0.15, 0.2) is 12.7 Å². The molecule has 0 aliphatic heterocycles. The largest absolute Gasteiger partial charge is 0.482 e. The molecule has 1 unspecified atom stereocenters. The number of amides is 1. The molecule has 0 spiro atoms. The average Bonchev–Trinajstić information content (AvgIpc) is 2.54. The molecule has 0 aromatic heterocycles. The lowest BCUT2D eigenvalue weighted by atomic mass is 10.1. The lowest BCUT2D eigenvalue weighted by Crippen LogP contribution is -2.23. The summed E-state index contributed by atoms with van der Waals surface area (Å²) < 4.78 is 54.4. The van der Waals surface area contributed by atoms with Crippen LogP contribution in [0.5, 0.6) is 5.75 Å². The average molecular weight is 343 g/mol. The maximum Gasteiger partial charge on any atom is 0.422 e. The fourth-order valence-corrected chi connectivity index (χ4v) is 1.87. The van der Waals surface area contributed by atoms with E-state index in [1.165, 1.54) is 12.1 Å². The number of hydrogen-bond acceptors (Lipinski definition) is 3. The molecule has 2 rings (SSSR count). The summed E-state index contributed by atoms with van der Waals surface area (Å²) in [5.74, 6) is -2.20. The predicted molar refractivity (Wildman–Crippen MR) is 78.0 cm³/mol. The number of rotatable bonds is 5. The van der Waals surface area contributed by atoms with Gasteiger partial charge in [-0.25, -0.2) is 4.39 Å². The van der Waals surface area contributed by atoms with Crippen molar-refractivity contribution in [2.75, 3.05) is 11.9 Å². The van der Waals surface area contributed by atoms with Crippen molar-refractivity contribution in [3.05, 3.63) is 59.9 Å². The third-order valence-electron chi connectivity index (χ3n) is 2.96. The van der Waals surface area contributed by atoms with Gasteiger partial charge < -0.3 is 15.2 Å². The molecule has 1 atom stereocenters. The van der Waals surface area contributed by atoms with E-state index in [0.29, 0.717) is 5.56 Å². The van der Waals surface area contributed by atoms with Crippen LogP contribution >= 0.6 is 0 Å². The Hall–Kier alpha value is -2.61. The second-order valence-electron chi connectivity index (χ2n) is 4.85. The van der Waals surface area contributed by atoms with Crippen LogP contribution in [0.2, 0.25) is 0 Å². The van der Waals surface area contributed by atoms with Gasteiger partial charge in [0.25, 0.3) is 5.91 Å². The first-order valence-electron chi connectivity index (χ1n) is 6.79. The summed E-state index contributed by atoms with van der Waals surface area (Å²) in [7, 11) is 0. The monoisotopic (exact) mass is 343 g/mol. The normalized spacial score (nSPS) is 12.5. The van der Waals surface area contributed by atoms with Crippen molar-refractivity contribution in [1.82, 2.24) is 0 Å². The number of anilines is 1. The van der Waals surface area contributed by atoms with Crippen molar-refractivity contribution < 1.29 is 32.2 Å². The maximum atomic E-state index is 13.2. The van der Waals surface area contributed by atoms with Crippen LogP contribution in [0.4, 0.5) is 23.2 Å². The first-order chi connectivity index (χ1) is 11.3. The Bertz CT molecular complexity index is 704. The number of benzene rings is 2. The number of aliphatic hydroxyl groups excluding tert-OH is 1. The molecular formula is C16H13F4NO3. The molecule has 0 aliphatic rings. The lowest BCUT2D eigenvalue weighted by Gasteiger charge is -2.16. The highest BCUT2D eigenvalue weighted by Gasteiger charge is 2.29. The third-order valence-corrected chi connectivity index (χ3v) is 2.96. The summed E-state index contributed by atoms with van der Waals surface area (Å²) in [5.41, 5.74) is 0.121. The standard InChI is InChI=1S/C16H13F4NO3/c17-11-6-7-12(13(8-11)24-9-16(18,19)20)21-15(23)14(22)10-4-2-1-3-5-10/h1-8,14,22H,9H2,(H,21,23). The van der Waals surface area contributed by atoms with Gasteiger partial charge in [0.2, 0.25) is 0 Å². The van der Waals surface area contributed by atoms with Crippen LogP contribution in [-0.2, 0) is 4.79 Å². The van der Waals surface area contributed by atoms with Crippen molar-refractivity contribution >= 4 is 11.6 Å². The molecule has 2 N–H and O–H groups in total. The van der Waals surface area contributed by atoms with E-state index in [2.05, 4.69) is 10.1 Å². The first kappa shape index (κ1) is 17.7. The summed E-state index contributed by atoms with van der Waals surface area (Å²) in [6.07, 6.45) is -6.15. The van der Waals surface area contributed by atoms with Crippen LogP contribution < -0.4 is 10.1 Å². The highest BCUT2D eigenvalue weighted by Crippen LogP contribution is 2.28. The molecule has 0 saturated carbocycles. The number of alkyl halides is 3. The van der Waals surface area contributed by atoms with E-state index in [-0.39, 0.29) is 5.69 Å². The number of halogens is 4. The van der Waals surface area contributed by atoms with Crippen molar-refractivity contribution in [2.24, 2.45) is 0 Å². The lowest BCUT2D eigenvalue weighted by molar-refractivity contribution is -0.153. The highest BCUT2D eigenvalue weighted by molar-refractivity contribution is 5.95. The van der Waals surface area contributed by atoms with E-state index in [4.69, 9.17) is 0 Å². The first-order valence-corrected chi connectivity index (χ1v) is 6.79. The minimum atomic E-state index is -4.61. The zero-order valence-corrected chi connectivity index (χ0v) is 12.2. The molecule has 8 heteroatoms. The number of ether oxygens (including phenoxy) is 1. The van der Waals surface area contributed by atoms with Crippen molar-refractivity contribution in [3.63, 3.8) is 0 Å². The molecule has 128 valence electrons. The van der Waals surface area contributed by atoms with E-state index < -0.39 is 36.4 Å². The van der Waals surface area contributed by atoms with Crippen molar-refractivity contribution in [3.8, 4) is 5.75 Å². The molecule has 0 bridgehead atoms. The second kappa shape index (κ2) is 7.31. The molecule has 24 heavy (non-hydrogen) atoms. The van der Waals surface area contributed by atoms with E-state index in [1.807, 2.05) is 0 Å². The molecule has 0 aliphatic carbocycles. The van der Waals surface area contributed by atoms with Crippen LogP contribution in [0.25, 0.3) is 0 Å². The van der Waals surface area contributed by atoms with Crippen LogP contribution in [-0.4, -0.2) is 23.8 Å². The van der Waals surface area contributed by atoms with Crippen LogP contribution in [0.3, 0.4) is 0 Å². The van der Waals surface area contributed by atoms with Gasteiger partial charge in [0.1, 0.15) is 11.6 Å². The minimum Gasteiger partial charge on any atom is -0.482 e. The fourth-order valence-electron chi connectivity index (χ4n) is 1.87. The summed E-state index contributed by atoms with van der Waals surface area (Å²) in [4.78, 5) is 12.0. The molecule has 2 aromatic carbocycles. The SMILES string of the molecule is O=C(Nc1ccc(F)cc1OCC(F)(F)F)C(O)c1ccccc1. The number of carbonyl (C=O) groups is 1. The van der Waals surface area contributed by atoms with Gasteiger partial charge >= 0.3 is 6.18 Å². The molecule has 2 aromatic rings. The highest BCUT2D eigenvalue weighted by atomic mass is 19.4. The van der Waals surface area contributed by atoms with E-state index in [9.17, 15) is 27.5 Å². The van der Waals surface area contributed by atoms with Crippen molar-refractivity contribution in [1.29, 1.82) is 0 Å². The Morgan fingerprint density at radius 1 is 1.17 bits per heavy atom. The van der Waals surface area contributed by atoms with Crippen LogP contribution in [0.1, 0.15) is 11.7 Å². The van der Waals surface area contributed by atoms with Gasteiger partial charge in [-0.3, -0.25) is 4.79 Å². The maximum absolute atomic E-state index is 13.2. The summed E-state index contributed by atoms with van der Waals surface area (Å²) in [5, 5.41) is 12.2. The Kier molecular flexibility index (Phi) is 5.40. The van der Waals surface area contributed by atoms with E-state index in [1.54, 1.807) is 18.2 Å². The molecule has 1 amide bonds. The number of hydrogen-bond donors (Lipinski definition) is 2. The van der Waals surface area contributed by atoms with Gasteiger partial charge in [-0.15, -0.1) is 0 Å². The molecule has 0 saturated heterocycles. The Morgan fingerprint density at radius 2 is 1.83 bits per heavy atom. The van der Waals surface area contributed by atoms with E-state index >= 15 is 0 Å². The zero-order chi connectivity index (χ0) is 17.7. The Balaban J connectivity index is 2.15. The number of nitrogens with one attached hydrogen (secondary N) is 1. The van der Waals surface area contributed by atoms with Crippen LogP contribution in [0.15, 0.2) is 48.5 Å². The molecule has 4 nitrogen and oxygen atoms in total. The van der Waals surface area contributed by atoms with Gasteiger partial charge in [-0.1, -0.05) is 30.3 Å². The minimum absolute atomic E-state index is 0.180. The topological polar surface area (TPSA) is 58.6 Å². The third kappa shape index (κ3) is 4.95. The second-order valence-corrected chi connectivity index (χ2v) is 4.85. The summed E-state index contributed by atoms with van der Waals surface area (Å²) >= 11 is 0. The van der Waals surface area contributed by atoms with E-state index in [0.717, 1.165) is 18.2 Å². The van der Waals surface area contributed by atoms with Gasteiger partial charge in [-0.2, -0.15) is 13.2 Å². The fraction of sp³-hybridized carbons (Fsp3) is 0.188. The van der Waals surface area contributed by atoms with Gasteiger partial charge in [0.05, 0.1) is 5.69 Å². The predicted octanol–water partition coefficient (Wildman–Crippen LogP) is 3.44. The zero-order valence-electron chi connectivity index (χ0n) is 12.2. The molecule has 0 radical (unpaired) electrons. The van der Waals surface area contributed by atoms with Crippen molar-refractivity contribution in [2.45, 2.75) is 12.3 Å². The quantitative estimate of drug-likeness (QED) is 0.818. The molecular weight excluding hydrogens is 330 g/mol. The van der Waals surface area contributed by atoms with Crippen LogP contribution in [0, 0.1) is 5.82 Å². The summed E-state index contributed by atoms with van der Waals surface area (Å²) in [6.45, 7) is -1.64. The number of carbonyl (C=O) groups excluding carboxylic acids is 1. The molecule has 0 heterocycles. The summed E-state index contributed by atoms with van der Waals surface area (Å²) in [6, 6.07) is 10.7. The Morgan fingerprint density at radius 3 is 2.46 bits per heavy atom. The smallest absolute Gasteiger partial charge is 0.422 e. The van der Waals surface area contributed by atoms with Gasteiger partial charge in [-0.05, 0) is 17.7 Å². The number of aliphatic hydroxyl groups is 1. The Labute approximate surface area is 134 Å². The molecule has 0 fully saturated rings. The van der Waals surface area contributed by atoms with Gasteiger partial charge in [0, 0.05) is 6.07 Å².